The number of hydrogen-bond donors (Lipinski definition) is 2. The molecule has 0 aliphatic rings. The maximum Gasteiger partial charge on any atom is 0.217 e. The monoisotopic (exact) mass is 352 g/mol. The number of hydrogen-bond acceptors (Lipinski definition) is 3. The van der Waals surface area contributed by atoms with Gasteiger partial charge in [-0.15, -0.1) is 0 Å². The van der Waals surface area contributed by atoms with Crippen molar-refractivity contribution in [3.8, 4) is 0 Å². The molecule has 0 unspecified atom stereocenters. The number of halogens is 1. The van der Waals surface area contributed by atoms with E-state index in [-0.39, 0.29) is 36.3 Å². The van der Waals surface area contributed by atoms with Gasteiger partial charge in [0.05, 0.1) is 12.7 Å². The lowest BCUT2D eigenvalue weighted by Crippen LogP contribution is -2.21. The summed E-state index contributed by atoms with van der Waals surface area (Å²) in [7, 11) is 0. The molecule has 2 atom stereocenters. The first-order valence-corrected chi connectivity index (χ1v) is 8.75. The molecule has 1 aromatic rings. The lowest BCUT2D eigenvalue weighted by Gasteiger charge is -2.20. The zero-order valence-corrected chi connectivity index (χ0v) is 15.1. The molecule has 0 aromatic heterocycles. The fourth-order valence-electron chi connectivity index (χ4n) is 2.48. The maximum atomic E-state index is 14.2. The highest BCUT2D eigenvalue weighted by molar-refractivity contribution is 5.73. The van der Waals surface area contributed by atoms with Crippen molar-refractivity contribution in [3.63, 3.8) is 0 Å². The van der Waals surface area contributed by atoms with E-state index in [0.29, 0.717) is 37.7 Å². The van der Waals surface area contributed by atoms with Crippen LogP contribution in [-0.4, -0.2) is 17.9 Å². The summed E-state index contributed by atoms with van der Waals surface area (Å²) in [6.45, 7) is 4.09. The van der Waals surface area contributed by atoms with Crippen LogP contribution in [0.25, 0.3) is 0 Å². The van der Waals surface area contributed by atoms with E-state index < -0.39 is 0 Å². The van der Waals surface area contributed by atoms with E-state index in [9.17, 15) is 14.0 Å². The largest absolute Gasteiger partial charge is 0.373 e. The van der Waals surface area contributed by atoms with Crippen LogP contribution in [0.4, 0.5) is 4.39 Å². The lowest BCUT2D eigenvalue weighted by atomic mass is 10.00. The summed E-state index contributed by atoms with van der Waals surface area (Å²) >= 11 is 0. The highest BCUT2D eigenvalue weighted by Gasteiger charge is 2.15. The lowest BCUT2D eigenvalue weighted by molar-refractivity contribution is -0.119. The van der Waals surface area contributed by atoms with Crippen molar-refractivity contribution in [1.29, 1.82) is 0 Å². The van der Waals surface area contributed by atoms with Crippen LogP contribution >= 0.6 is 0 Å². The Hall–Kier alpha value is -1.95. The zero-order chi connectivity index (χ0) is 18.8. The molecule has 0 heterocycles. The minimum absolute atomic E-state index is 0.0905. The molecule has 0 fully saturated rings. The number of rotatable bonds is 12. The van der Waals surface area contributed by atoms with Gasteiger partial charge < -0.3 is 16.2 Å². The second-order valence-corrected chi connectivity index (χ2v) is 6.60. The first-order chi connectivity index (χ1) is 11.8. The van der Waals surface area contributed by atoms with Crippen LogP contribution in [-0.2, 0) is 27.4 Å². The number of nitrogens with two attached hydrogens (primary N) is 2. The molecule has 1 rings (SSSR count). The molecule has 6 heteroatoms. The molecule has 0 saturated carbocycles. The minimum Gasteiger partial charge on any atom is -0.373 e. The predicted molar refractivity (Wildman–Crippen MR) is 95.0 cm³/mol. The Morgan fingerprint density at radius 3 is 2.40 bits per heavy atom. The van der Waals surface area contributed by atoms with E-state index in [2.05, 4.69) is 0 Å². The number of amides is 2. The van der Waals surface area contributed by atoms with Gasteiger partial charge in [0.25, 0.3) is 0 Å². The van der Waals surface area contributed by atoms with Crippen LogP contribution in [0.5, 0.6) is 0 Å². The van der Waals surface area contributed by atoms with Gasteiger partial charge in [0, 0.05) is 18.4 Å². The van der Waals surface area contributed by atoms with Gasteiger partial charge in [-0.1, -0.05) is 19.1 Å². The van der Waals surface area contributed by atoms with E-state index in [1.165, 1.54) is 6.07 Å². The summed E-state index contributed by atoms with van der Waals surface area (Å²) in [5.74, 6) is -0.751. The Bertz CT molecular complexity index is 578. The van der Waals surface area contributed by atoms with Crippen molar-refractivity contribution in [3.05, 3.63) is 35.1 Å². The summed E-state index contributed by atoms with van der Waals surface area (Å²) in [5, 5.41) is 0. The van der Waals surface area contributed by atoms with Crippen LogP contribution in [0, 0.1) is 11.7 Å². The van der Waals surface area contributed by atoms with Crippen LogP contribution in [0.1, 0.15) is 57.1 Å². The average Bonchev–Trinajstić information content (AvgIpc) is 2.55. The fraction of sp³-hybridized carbons (Fsp3) is 0.579. The van der Waals surface area contributed by atoms with Gasteiger partial charge in [-0.2, -0.15) is 0 Å². The highest BCUT2D eigenvalue weighted by Crippen LogP contribution is 2.18. The molecular weight excluding hydrogens is 323 g/mol. The van der Waals surface area contributed by atoms with Gasteiger partial charge in [0.1, 0.15) is 5.82 Å². The van der Waals surface area contributed by atoms with Crippen molar-refractivity contribution in [2.75, 3.05) is 0 Å². The summed E-state index contributed by atoms with van der Waals surface area (Å²) in [6, 6.07) is 5.14. The Morgan fingerprint density at radius 2 is 1.80 bits per heavy atom. The number of primary amides is 2. The summed E-state index contributed by atoms with van der Waals surface area (Å²) in [5.41, 5.74) is 11.6. The molecule has 2 amide bonds. The van der Waals surface area contributed by atoms with Crippen LogP contribution < -0.4 is 11.5 Å². The average molecular weight is 352 g/mol. The first-order valence-electron chi connectivity index (χ1n) is 8.75. The molecule has 0 aliphatic heterocycles. The molecule has 0 aliphatic carbocycles. The summed E-state index contributed by atoms with van der Waals surface area (Å²) in [6.07, 6.45) is 3.48. The van der Waals surface area contributed by atoms with E-state index in [0.717, 1.165) is 12.0 Å². The standard InChI is InChI=1S/C19H29FN2O3/c1-13(7-10-19(22)24)14(2)25-12-16-9-8-15(11-17(16)20)5-3-4-6-18(21)23/h8-9,11,13-14H,3-7,10,12H2,1-2H3,(H2,21,23)(H2,22,24)/t13-,14+/m0/s1. The van der Waals surface area contributed by atoms with Gasteiger partial charge in [-0.25, -0.2) is 4.39 Å². The minimum atomic E-state index is -0.323. The van der Waals surface area contributed by atoms with Crippen LogP contribution in [0.2, 0.25) is 0 Å². The van der Waals surface area contributed by atoms with Crippen LogP contribution in [0.3, 0.4) is 0 Å². The van der Waals surface area contributed by atoms with Gasteiger partial charge in [0.2, 0.25) is 11.8 Å². The number of unbranched alkanes of at least 4 members (excludes halogenated alkanes) is 1. The molecule has 0 radical (unpaired) electrons. The molecule has 0 spiro atoms. The normalized spacial score (nSPS) is 13.4. The van der Waals surface area contributed by atoms with E-state index in [1.54, 1.807) is 6.07 Å². The first kappa shape index (κ1) is 21.1. The molecule has 0 saturated heterocycles. The SMILES string of the molecule is C[C@@H](CCC(N)=O)[C@@H](C)OCc1ccc(CCCCC(N)=O)cc1F. The zero-order valence-electron chi connectivity index (χ0n) is 15.1. The third-order valence-corrected chi connectivity index (χ3v) is 4.41. The van der Waals surface area contributed by atoms with E-state index in [1.807, 2.05) is 19.9 Å². The second kappa shape index (κ2) is 10.8. The Morgan fingerprint density at radius 1 is 1.12 bits per heavy atom. The molecule has 5 nitrogen and oxygen atoms in total. The third kappa shape index (κ3) is 8.63. The van der Waals surface area contributed by atoms with E-state index >= 15 is 0 Å². The topological polar surface area (TPSA) is 95.4 Å². The highest BCUT2D eigenvalue weighted by atomic mass is 19.1. The Labute approximate surface area is 148 Å². The van der Waals surface area contributed by atoms with Crippen LogP contribution in [0.15, 0.2) is 18.2 Å². The number of aryl methyl sites for hydroxylation is 1. The molecular formula is C19H29FN2O3. The number of ether oxygens (including phenoxy) is 1. The molecule has 0 bridgehead atoms. The van der Waals surface area contributed by atoms with Crippen molar-refractivity contribution in [1.82, 2.24) is 0 Å². The number of carbonyl (C=O) groups excluding carboxylic acids is 2. The quantitative estimate of drug-likeness (QED) is 0.566. The second-order valence-electron chi connectivity index (χ2n) is 6.60. The van der Waals surface area contributed by atoms with Crippen molar-refractivity contribution < 1.29 is 18.7 Å². The van der Waals surface area contributed by atoms with Gasteiger partial charge in [-0.05, 0) is 50.2 Å². The van der Waals surface area contributed by atoms with Crippen molar-refractivity contribution in [2.45, 2.75) is 65.1 Å². The number of benzene rings is 1. The number of carbonyl (C=O) groups is 2. The smallest absolute Gasteiger partial charge is 0.217 e. The van der Waals surface area contributed by atoms with Gasteiger partial charge in [-0.3, -0.25) is 9.59 Å². The Balaban J connectivity index is 2.43. The molecule has 4 N–H and O–H groups in total. The predicted octanol–water partition coefficient (Wildman–Crippen LogP) is 2.83. The van der Waals surface area contributed by atoms with Gasteiger partial charge in [0.15, 0.2) is 0 Å². The molecule has 25 heavy (non-hydrogen) atoms. The third-order valence-electron chi connectivity index (χ3n) is 4.41. The molecule has 1 aromatic carbocycles. The van der Waals surface area contributed by atoms with E-state index in [4.69, 9.17) is 16.2 Å². The Kier molecular flexibility index (Phi) is 9.13. The van der Waals surface area contributed by atoms with Gasteiger partial charge >= 0.3 is 0 Å². The summed E-state index contributed by atoms with van der Waals surface area (Å²) < 4.78 is 19.9. The maximum absolute atomic E-state index is 14.2. The van der Waals surface area contributed by atoms with Crippen molar-refractivity contribution in [2.24, 2.45) is 17.4 Å². The van der Waals surface area contributed by atoms with Crippen molar-refractivity contribution >= 4 is 11.8 Å². The summed E-state index contributed by atoms with van der Waals surface area (Å²) in [4.78, 5) is 21.5. The molecule has 140 valence electrons. The fourth-order valence-corrected chi connectivity index (χ4v) is 2.48.